The molecule has 0 bridgehead atoms. The van der Waals surface area contributed by atoms with E-state index in [4.69, 9.17) is 9.47 Å². The summed E-state index contributed by atoms with van der Waals surface area (Å²) < 4.78 is 11.5. The van der Waals surface area contributed by atoms with Gasteiger partial charge in [0, 0.05) is 45.6 Å². The molecule has 5 heteroatoms. The number of carbonyl (C=O) groups excluding carboxylic acids is 1. The molecule has 1 amide bonds. The van der Waals surface area contributed by atoms with Crippen LogP contribution in [0.3, 0.4) is 0 Å². The maximum atomic E-state index is 12.8. The number of hydrogen-bond acceptors (Lipinski definition) is 4. The van der Waals surface area contributed by atoms with E-state index in [1.54, 1.807) is 0 Å². The molecule has 140 valence electrons. The Morgan fingerprint density at radius 3 is 2.70 bits per heavy atom. The van der Waals surface area contributed by atoms with Gasteiger partial charge in [0.2, 0.25) is 0 Å². The fourth-order valence-electron chi connectivity index (χ4n) is 4.25. The van der Waals surface area contributed by atoms with Crippen molar-refractivity contribution in [2.75, 3.05) is 32.8 Å². The molecule has 5 nitrogen and oxygen atoms in total. The number of nitrogens with zero attached hydrogens (tertiary/aromatic N) is 2. The third-order valence-corrected chi connectivity index (χ3v) is 5.77. The lowest BCUT2D eigenvalue weighted by molar-refractivity contribution is -0.139. The van der Waals surface area contributed by atoms with Gasteiger partial charge in [0.15, 0.2) is 6.10 Å². The van der Waals surface area contributed by atoms with Gasteiger partial charge in [-0.15, -0.1) is 0 Å². The standard InChI is InChI=1S/C22H24N2O3/c25-22(21-14-17-3-1-2-4-20(17)27-21)24-10-8-23(9-11-24)15-16-5-6-19-18(13-16)7-12-26-19/h1-6,13,21H,7-12,14-15H2/t21-/m0/s1. The van der Waals surface area contributed by atoms with Crippen LogP contribution in [0.1, 0.15) is 16.7 Å². The van der Waals surface area contributed by atoms with Crippen molar-refractivity contribution in [1.29, 1.82) is 0 Å². The van der Waals surface area contributed by atoms with Gasteiger partial charge in [-0.2, -0.15) is 0 Å². The summed E-state index contributed by atoms with van der Waals surface area (Å²) in [5.41, 5.74) is 3.78. The lowest BCUT2D eigenvalue weighted by atomic mass is 10.1. The molecule has 5 rings (SSSR count). The maximum Gasteiger partial charge on any atom is 0.264 e. The normalized spacial score (nSPS) is 21.3. The van der Waals surface area contributed by atoms with Crippen molar-refractivity contribution in [3.63, 3.8) is 0 Å². The Kier molecular flexibility index (Phi) is 4.24. The molecule has 0 radical (unpaired) electrons. The van der Waals surface area contributed by atoms with Gasteiger partial charge in [-0.3, -0.25) is 9.69 Å². The van der Waals surface area contributed by atoms with Gasteiger partial charge in [-0.05, 0) is 28.8 Å². The van der Waals surface area contributed by atoms with Crippen LogP contribution < -0.4 is 9.47 Å². The monoisotopic (exact) mass is 364 g/mol. The minimum Gasteiger partial charge on any atom is -0.493 e. The van der Waals surface area contributed by atoms with Crippen molar-refractivity contribution in [2.45, 2.75) is 25.5 Å². The lowest BCUT2D eigenvalue weighted by Crippen LogP contribution is -2.51. The van der Waals surface area contributed by atoms with Crippen molar-refractivity contribution >= 4 is 5.91 Å². The number of rotatable bonds is 3. The zero-order valence-corrected chi connectivity index (χ0v) is 15.4. The second kappa shape index (κ2) is 6.89. The number of hydrogen-bond donors (Lipinski definition) is 0. The van der Waals surface area contributed by atoms with E-state index in [1.165, 1.54) is 11.1 Å². The highest BCUT2D eigenvalue weighted by atomic mass is 16.5. The second-order valence-electron chi connectivity index (χ2n) is 7.56. The van der Waals surface area contributed by atoms with Crippen LogP contribution in [0.15, 0.2) is 42.5 Å². The van der Waals surface area contributed by atoms with Crippen LogP contribution in [0.25, 0.3) is 0 Å². The molecule has 1 atom stereocenters. The van der Waals surface area contributed by atoms with Crippen molar-refractivity contribution in [1.82, 2.24) is 9.80 Å². The zero-order valence-electron chi connectivity index (χ0n) is 15.4. The SMILES string of the molecule is O=C([C@@H]1Cc2ccccc2O1)N1CCN(Cc2ccc3c(c2)CCO3)CC1. The van der Waals surface area contributed by atoms with Gasteiger partial charge in [0.25, 0.3) is 5.91 Å². The smallest absolute Gasteiger partial charge is 0.264 e. The number of fused-ring (bicyclic) bond motifs is 2. The van der Waals surface area contributed by atoms with E-state index in [2.05, 4.69) is 23.1 Å². The van der Waals surface area contributed by atoms with Crippen LogP contribution in [-0.2, 0) is 24.2 Å². The molecule has 1 fully saturated rings. The summed E-state index contributed by atoms with van der Waals surface area (Å²) in [6.07, 6.45) is 1.34. The summed E-state index contributed by atoms with van der Waals surface area (Å²) in [5, 5.41) is 0. The molecule has 1 saturated heterocycles. The van der Waals surface area contributed by atoms with Crippen molar-refractivity contribution < 1.29 is 14.3 Å². The largest absolute Gasteiger partial charge is 0.493 e. The lowest BCUT2D eigenvalue weighted by Gasteiger charge is -2.35. The first-order valence-corrected chi connectivity index (χ1v) is 9.76. The molecule has 0 aliphatic carbocycles. The number of carbonyl (C=O) groups is 1. The highest BCUT2D eigenvalue weighted by molar-refractivity contribution is 5.82. The number of benzene rings is 2. The Morgan fingerprint density at radius 1 is 1.00 bits per heavy atom. The highest BCUT2D eigenvalue weighted by Gasteiger charge is 2.33. The summed E-state index contributed by atoms with van der Waals surface area (Å²) in [7, 11) is 0. The van der Waals surface area contributed by atoms with Crippen LogP contribution in [0.2, 0.25) is 0 Å². The van der Waals surface area contributed by atoms with E-state index in [0.717, 1.165) is 62.8 Å². The van der Waals surface area contributed by atoms with Crippen LogP contribution in [0.5, 0.6) is 11.5 Å². The Hall–Kier alpha value is -2.53. The predicted octanol–water partition coefficient (Wildman–Crippen LogP) is 2.27. The average Bonchev–Trinajstić information content (AvgIpc) is 3.34. The molecule has 27 heavy (non-hydrogen) atoms. The second-order valence-corrected chi connectivity index (χ2v) is 7.56. The van der Waals surface area contributed by atoms with Crippen molar-refractivity contribution in [3.8, 4) is 11.5 Å². The van der Waals surface area contributed by atoms with Gasteiger partial charge in [-0.25, -0.2) is 0 Å². The number of amides is 1. The molecule has 0 spiro atoms. The minimum atomic E-state index is -0.356. The van der Waals surface area contributed by atoms with Crippen LogP contribution in [0.4, 0.5) is 0 Å². The van der Waals surface area contributed by atoms with Crippen molar-refractivity contribution in [2.24, 2.45) is 0 Å². The Bertz CT molecular complexity index is 833. The molecular formula is C22H24N2O3. The molecular weight excluding hydrogens is 340 g/mol. The van der Waals surface area contributed by atoms with Crippen LogP contribution in [-0.4, -0.2) is 54.6 Å². The fraction of sp³-hybridized carbons (Fsp3) is 0.409. The molecule has 0 N–H and O–H groups in total. The number of ether oxygens (including phenoxy) is 2. The average molecular weight is 364 g/mol. The zero-order chi connectivity index (χ0) is 18.2. The minimum absolute atomic E-state index is 0.125. The first-order chi connectivity index (χ1) is 13.3. The van der Waals surface area contributed by atoms with Gasteiger partial charge in [-0.1, -0.05) is 30.3 Å². The fourth-order valence-corrected chi connectivity index (χ4v) is 4.25. The van der Waals surface area contributed by atoms with E-state index in [0.29, 0.717) is 6.42 Å². The molecule has 3 aliphatic heterocycles. The highest BCUT2D eigenvalue weighted by Crippen LogP contribution is 2.29. The first kappa shape index (κ1) is 16.6. The summed E-state index contributed by atoms with van der Waals surface area (Å²) >= 11 is 0. The third-order valence-electron chi connectivity index (χ3n) is 5.77. The predicted molar refractivity (Wildman–Crippen MR) is 102 cm³/mol. The molecule has 0 aromatic heterocycles. The van der Waals surface area contributed by atoms with Gasteiger partial charge in [0.05, 0.1) is 6.61 Å². The summed E-state index contributed by atoms with van der Waals surface area (Å²) in [4.78, 5) is 17.2. The maximum absolute atomic E-state index is 12.8. The molecule has 0 saturated carbocycles. The van der Waals surface area contributed by atoms with Crippen LogP contribution in [0, 0.1) is 0 Å². The van der Waals surface area contributed by atoms with Gasteiger partial charge < -0.3 is 14.4 Å². The molecule has 0 unspecified atom stereocenters. The third kappa shape index (κ3) is 3.28. The van der Waals surface area contributed by atoms with E-state index in [9.17, 15) is 4.79 Å². The van der Waals surface area contributed by atoms with E-state index >= 15 is 0 Å². The molecule has 3 aliphatic rings. The number of para-hydroxylation sites is 1. The van der Waals surface area contributed by atoms with Crippen molar-refractivity contribution in [3.05, 3.63) is 59.2 Å². The van der Waals surface area contributed by atoms with E-state index < -0.39 is 0 Å². The molecule has 2 aromatic carbocycles. The topological polar surface area (TPSA) is 42.0 Å². The summed E-state index contributed by atoms with van der Waals surface area (Å²) in [6, 6.07) is 14.5. The van der Waals surface area contributed by atoms with Crippen LogP contribution >= 0.6 is 0 Å². The Labute approximate surface area is 159 Å². The Balaban J connectivity index is 1.16. The van der Waals surface area contributed by atoms with Gasteiger partial charge in [0.1, 0.15) is 11.5 Å². The molecule has 3 heterocycles. The summed E-state index contributed by atoms with van der Waals surface area (Å²) in [6.45, 7) is 5.07. The van der Waals surface area contributed by atoms with E-state index in [1.807, 2.05) is 29.2 Å². The van der Waals surface area contributed by atoms with E-state index in [-0.39, 0.29) is 12.0 Å². The summed E-state index contributed by atoms with van der Waals surface area (Å²) in [5.74, 6) is 2.02. The quantitative estimate of drug-likeness (QED) is 0.838. The number of piperazine rings is 1. The van der Waals surface area contributed by atoms with Gasteiger partial charge >= 0.3 is 0 Å². The Morgan fingerprint density at radius 2 is 1.85 bits per heavy atom. The molecule has 2 aromatic rings. The first-order valence-electron chi connectivity index (χ1n) is 9.76.